The van der Waals surface area contributed by atoms with E-state index in [1.165, 1.54) is 0 Å². The topological polar surface area (TPSA) is 38.3 Å². The Kier molecular flexibility index (Phi) is 6.91. The first kappa shape index (κ1) is 15.1. The van der Waals surface area contributed by atoms with Crippen molar-refractivity contribution in [3.63, 3.8) is 0 Å². The second kappa shape index (κ2) is 8.22. The van der Waals surface area contributed by atoms with Gasteiger partial charge in [0.15, 0.2) is 6.61 Å². The van der Waals surface area contributed by atoms with Crippen LogP contribution < -0.4 is 10.1 Å². The third-order valence-corrected chi connectivity index (χ3v) is 2.74. The molecule has 0 aliphatic rings. The van der Waals surface area contributed by atoms with Gasteiger partial charge in [-0.3, -0.25) is 4.79 Å². The zero-order valence-electron chi connectivity index (χ0n) is 10.3. The lowest BCUT2D eigenvalue weighted by Crippen LogP contribution is -2.29. The number of hydrogen-bond acceptors (Lipinski definition) is 2. The summed E-state index contributed by atoms with van der Waals surface area (Å²) in [6.07, 6.45) is 3.24. The van der Waals surface area contributed by atoms with Crippen molar-refractivity contribution in [1.82, 2.24) is 5.32 Å². The Labute approximate surface area is 117 Å². The van der Waals surface area contributed by atoms with Crippen molar-refractivity contribution in [3.05, 3.63) is 28.2 Å². The predicted octanol–water partition coefficient (Wildman–Crippen LogP) is 3.68. The van der Waals surface area contributed by atoms with E-state index in [4.69, 9.17) is 27.9 Å². The number of hydrogen-bond donors (Lipinski definition) is 1. The Morgan fingerprint density at radius 2 is 1.89 bits per heavy atom. The van der Waals surface area contributed by atoms with Crippen LogP contribution in [0.2, 0.25) is 10.0 Å². The summed E-state index contributed by atoms with van der Waals surface area (Å²) < 4.78 is 5.31. The molecule has 0 bridgehead atoms. The molecule has 0 radical (unpaired) electrons. The number of benzene rings is 1. The fourth-order valence-corrected chi connectivity index (χ4v) is 1.92. The lowest BCUT2D eigenvalue weighted by atomic mass is 10.2. The van der Waals surface area contributed by atoms with Gasteiger partial charge in [0.1, 0.15) is 5.75 Å². The highest BCUT2D eigenvalue weighted by atomic mass is 35.5. The maximum atomic E-state index is 11.4. The van der Waals surface area contributed by atoms with Crippen LogP contribution in [0.25, 0.3) is 0 Å². The summed E-state index contributed by atoms with van der Waals surface area (Å²) in [5.74, 6) is 0.360. The van der Waals surface area contributed by atoms with Crippen LogP contribution in [0.15, 0.2) is 18.2 Å². The Hall–Kier alpha value is -0.930. The van der Waals surface area contributed by atoms with Crippen molar-refractivity contribution in [2.45, 2.75) is 26.2 Å². The van der Waals surface area contributed by atoms with Crippen LogP contribution in [0.3, 0.4) is 0 Å². The molecule has 1 amide bonds. The van der Waals surface area contributed by atoms with Crippen molar-refractivity contribution in [2.75, 3.05) is 13.2 Å². The highest BCUT2D eigenvalue weighted by molar-refractivity contribution is 6.34. The molecule has 0 atom stereocenters. The average molecular weight is 290 g/mol. The molecule has 5 heteroatoms. The molecule has 0 aliphatic heterocycles. The molecule has 0 heterocycles. The van der Waals surface area contributed by atoms with Gasteiger partial charge in [-0.2, -0.15) is 0 Å². The highest BCUT2D eigenvalue weighted by Crippen LogP contribution is 2.23. The van der Waals surface area contributed by atoms with Crippen LogP contribution in [-0.4, -0.2) is 19.1 Å². The number of carbonyl (C=O) groups excluding carboxylic acids is 1. The molecule has 1 aromatic carbocycles. The summed E-state index contributed by atoms with van der Waals surface area (Å²) >= 11 is 11.6. The van der Waals surface area contributed by atoms with Gasteiger partial charge in [0.2, 0.25) is 0 Å². The normalized spacial score (nSPS) is 10.2. The molecule has 18 heavy (non-hydrogen) atoms. The van der Waals surface area contributed by atoms with Gasteiger partial charge in [0.05, 0.1) is 0 Å². The first-order chi connectivity index (χ1) is 8.61. The molecule has 3 nitrogen and oxygen atoms in total. The van der Waals surface area contributed by atoms with E-state index in [9.17, 15) is 4.79 Å². The Morgan fingerprint density at radius 3 is 2.50 bits per heavy atom. The highest BCUT2D eigenvalue weighted by Gasteiger charge is 2.03. The zero-order chi connectivity index (χ0) is 13.4. The average Bonchev–Trinajstić information content (AvgIpc) is 2.31. The van der Waals surface area contributed by atoms with E-state index >= 15 is 0 Å². The molecule has 0 saturated heterocycles. The van der Waals surface area contributed by atoms with E-state index < -0.39 is 0 Å². The number of nitrogens with one attached hydrogen (secondary N) is 1. The number of ether oxygens (including phenoxy) is 1. The van der Waals surface area contributed by atoms with Crippen molar-refractivity contribution in [1.29, 1.82) is 0 Å². The van der Waals surface area contributed by atoms with Gasteiger partial charge in [0.25, 0.3) is 5.91 Å². The SMILES string of the molecule is CCCCCNC(=O)COc1cc(Cl)cc(Cl)c1. The lowest BCUT2D eigenvalue weighted by molar-refractivity contribution is -0.123. The number of carbonyl (C=O) groups is 1. The van der Waals surface area contributed by atoms with Crippen molar-refractivity contribution in [2.24, 2.45) is 0 Å². The minimum Gasteiger partial charge on any atom is -0.484 e. The molecular formula is C13H17Cl2NO2. The molecule has 1 rings (SSSR count). The van der Waals surface area contributed by atoms with E-state index in [2.05, 4.69) is 12.2 Å². The van der Waals surface area contributed by atoms with Gasteiger partial charge >= 0.3 is 0 Å². The van der Waals surface area contributed by atoms with Crippen molar-refractivity contribution < 1.29 is 9.53 Å². The van der Waals surface area contributed by atoms with Crippen molar-refractivity contribution >= 4 is 29.1 Å². The van der Waals surface area contributed by atoms with Gasteiger partial charge in [-0.1, -0.05) is 43.0 Å². The maximum absolute atomic E-state index is 11.4. The monoisotopic (exact) mass is 289 g/mol. The molecule has 100 valence electrons. The third kappa shape index (κ3) is 6.12. The van der Waals surface area contributed by atoms with Crippen LogP contribution in [0.5, 0.6) is 5.75 Å². The van der Waals surface area contributed by atoms with E-state index in [0.717, 1.165) is 19.3 Å². The lowest BCUT2D eigenvalue weighted by Gasteiger charge is -2.08. The number of amides is 1. The number of rotatable bonds is 7. The van der Waals surface area contributed by atoms with Crippen LogP contribution >= 0.6 is 23.2 Å². The quantitative estimate of drug-likeness (QED) is 0.778. The van der Waals surface area contributed by atoms with Gasteiger partial charge < -0.3 is 10.1 Å². The third-order valence-electron chi connectivity index (χ3n) is 2.31. The van der Waals surface area contributed by atoms with Crippen molar-refractivity contribution in [3.8, 4) is 5.75 Å². The number of unbranched alkanes of at least 4 members (excludes halogenated alkanes) is 2. The van der Waals surface area contributed by atoms with Gasteiger partial charge in [-0.25, -0.2) is 0 Å². The van der Waals surface area contributed by atoms with E-state index in [-0.39, 0.29) is 12.5 Å². The first-order valence-corrected chi connectivity index (χ1v) is 6.73. The summed E-state index contributed by atoms with van der Waals surface area (Å²) in [6.45, 7) is 2.78. The standard InChI is InChI=1S/C13H17Cl2NO2/c1-2-3-4-5-16-13(17)9-18-12-7-10(14)6-11(15)8-12/h6-8H,2-5,9H2,1H3,(H,16,17). The van der Waals surface area contributed by atoms with Gasteiger partial charge in [-0.05, 0) is 24.6 Å². The van der Waals surface area contributed by atoms with Crippen LogP contribution in [0, 0.1) is 0 Å². The summed E-state index contributed by atoms with van der Waals surface area (Å²) in [4.78, 5) is 11.4. The van der Waals surface area contributed by atoms with E-state index in [1.54, 1.807) is 18.2 Å². The summed E-state index contributed by atoms with van der Waals surface area (Å²) in [7, 11) is 0. The van der Waals surface area contributed by atoms with Crippen LogP contribution in [0.4, 0.5) is 0 Å². The smallest absolute Gasteiger partial charge is 0.257 e. The molecule has 1 N–H and O–H groups in total. The molecule has 1 aromatic rings. The minimum atomic E-state index is -0.137. The summed E-state index contributed by atoms with van der Waals surface area (Å²) in [5.41, 5.74) is 0. The minimum absolute atomic E-state index is 0.0250. The molecule has 0 aliphatic carbocycles. The van der Waals surface area contributed by atoms with Crippen LogP contribution in [-0.2, 0) is 4.79 Å². The fraction of sp³-hybridized carbons (Fsp3) is 0.462. The molecule has 0 saturated carbocycles. The molecular weight excluding hydrogens is 273 g/mol. The van der Waals surface area contributed by atoms with Gasteiger partial charge in [-0.15, -0.1) is 0 Å². The van der Waals surface area contributed by atoms with Gasteiger partial charge in [0, 0.05) is 16.6 Å². The Morgan fingerprint density at radius 1 is 1.22 bits per heavy atom. The van der Waals surface area contributed by atoms with E-state index in [0.29, 0.717) is 22.3 Å². The Balaban J connectivity index is 2.29. The molecule has 0 fully saturated rings. The molecule has 0 unspecified atom stereocenters. The molecule has 0 aromatic heterocycles. The summed E-state index contributed by atoms with van der Waals surface area (Å²) in [5, 5.41) is 3.76. The van der Waals surface area contributed by atoms with Crippen LogP contribution in [0.1, 0.15) is 26.2 Å². The predicted molar refractivity (Wildman–Crippen MR) is 74.5 cm³/mol. The number of halogens is 2. The maximum Gasteiger partial charge on any atom is 0.257 e. The first-order valence-electron chi connectivity index (χ1n) is 5.97. The second-order valence-corrected chi connectivity index (χ2v) is 4.82. The summed E-state index contributed by atoms with van der Waals surface area (Å²) in [6, 6.07) is 4.86. The van der Waals surface area contributed by atoms with E-state index in [1.807, 2.05) is 0 Å². The largest absolute Gasteiger partial charge is 0.484 e. The molecule has 0 spiro atoms. The fourth-order valence-electron chi connectivity index (χ4n) is 1.41. The zero-order valence-corrected chi connectivity index (χ0v) is 11.9. The Bertz CT molecular complexity index is 376. The second-order valence-electron chi connectivity index (χ2n) is 3.95.